The molecule has 110 valence electrons. The maximum atomic E-state index is 11.1. The molecule has 0 bridgehead atoms. The van der Waals surface area contributed by atoms with Gasteiger partial charge in [-0.05, 0) is 23.8 Å². The van der Waals surface area contributed by atoms with E-state index in [2.05, 4.69) is 4.98 Å². The van der Waals surface area contributed by atoms with Crippen LogP contribution in [0.25, 0.3) is 10.9 Å². The number of nitrogen functional groups attached to an aromatic ring is 1. The van der Waals surface area contributed by atoms with E-state index in [4.69, 9.17) is 17.2 Å². The quantitative estimate of drug-likeness (QED) is 0.622. The molecule has 0 radical (unpaired) electrons. The fourth-order valence-corrected chi connectivity index (χ4v) is 2.23. The van der Waals surface area contributed by atoms with Crippen molar-refractivity contribution < 1.29 is 9.59 Å². The van der Waals surface area contributed by atoms with E-state index < -0.39 is 11.8 Å². The summed E-state index contributed by atoms with van der Waals surface area (Å²) in [5, 5.41) is 0.827. The van der Waals surface area contributed by atoms with E-state index >= 15 is 0 Å². The van der Waals surface area contributed by atoms with E-state index in [-0.39, 0.29) is 13.1 Å². The predicted octanol–water partition coefficient (Wildman–Crippen LogP) is -0.410. The molecule has 0 saturated carbocycles. The summed E-state index contributed by atoms with van der Waals surface area (Å²) in [6.45, 7) is 0.225. The van der Waals surface area contributed by atoms with Gasteiger partial charge in [-0.25, -0.2) is 0 Å². The van der Waals surface area contributed by atoms with Gasteiger partial charge in [0.05, 0.1) is 18.6 Å². The molecule has 2 aromatic rings. The number of hydrogen-bond donors (Lipinski definition) is 3. The number of fused-ring (bicyclic) bond motifs is 1. The third-order valence-electron chi connectivity index (χ3n) is 3.04. The number of aromatic nitrogens is 1. The van der Waals surface area contributed by atoms with Crippen molar-refractivity contribution in [1.29, 1.82) is 0 Å². The third-order valence-corrected chi connectivity index (χ3v) is 3.04. The topological polar surface area (TPSA) is 128 Å². The Kier molecular flexibility index (Phi) is 4.34. The number of primary amides is 2. The third kappa shape index (κ3) is 3.67. The summed E-state index contributed by atoms with van der Waals surface area (Å²) in [7, 11) is 0. The van der Waals surface area contributed by atoms with Crippen molar-refractivity contribution in [3.05, 3.63) is 36.0 Å². The number of hydrogen-bond acceptors (Lipinski definition) is 5. The van der Waals surface area contributed by atoms with E-state index in [0.717, 1.165) is 16.5 Å². The highest BCUT2D eigenvalue weighted by Gasteiger charge is 2.14. The van der Waals surface area contributed by atoms with Crippen LogP contribution < -0.4 is 17.2 Å². The lowest BCUT2D eigenvalue weighted by atomic mass is 10.1. The average Bonchev–Trinajstić information content (AvgIpc) is 2.41. The van der Waals surface area contributed by atoms with Crippen LogP contribution in [-0.2, 0) is 16.1 Å². The zero-order chi connectivity index (χ0) is 15.4. The molecular formula is C14H17N5O2. The monoisotopic (exact) mass is 287 g/mol. The van der Waals surface area contributed by atoms with E-state index in [0.29, 0.717) is 12.2 Å². The molecule has 7 nitrogen and oxygen atoms in total. The smallest absolute Gasteiger partial charge is 0.231 e. The van der Waals surface area contributed by atoms with Crippen molar-refractivity contribution in [2.75, 3.05) is 18.8 Å². The maximum Gasteiger partial charge on any atom is 0.231 e. The Morgan fingerprint density at radius 2 is 1.76 bits per heavy atom. The van der Waals surface area contributed by atoms with Crippen LogP contribution in [0.5, 0.6) is 0 Å². The molecule has 0 saturated heterocycles. The van der Waals surface area contributed by atoms with Gasteiger partial charge in [-0.1, -0.05) is 6.07 Å². The number of nitrogens with zero attached hydrogens (tertiary/aromatic N) is 2. The lowest BCUT2D eigenvalue weighted by molar-refractivity contribution is -0.122. The van der Waals surface area contributed by atoms with Crippen molar-refractivity contribution in [1.82, 2.24) is 9.88 Å². The maximum absolute atomic E-state index is 11.1. The van der Waals surface area contributed by atoms with Crippen molar-refractivity contribution in [2.45, 2.75) is 6.54 Å². The summed E-state index contributed by atoms with van der Waals surface area (Å²) in [6, 6.07) is 7.26. The first-order valence-electron chi connectivity index (χ1n) is 6.38. The zero-order valence-corrected chi connectivity index (χ0v) is 11.5. The number of amides is 2. The Bertz CT molecular complexity index is 670. The van der Waals surface area contributed by atoms with E-state index in [1.807, 2.05) is 12.1 Å². The molecule has 2 amide bonds. The molecule has 0 aliphatic rings. The van der Waals surface area contributed by atoms with Crippen LogP contribution in [0.3, 0.4) is 0 Å². The number of rotatable bonds is 6. The molecule has 0 spiro atoms. The molecule has 1 aromatic carbocycles. The second-order valence-electron chi connectivity index (χ2n) is 4.79. The van der Waals surface area contributed by atoms with E-state index in [1.165, 1.54) is 0 Å². The zero-order valence-electron chi connectivity index (χ0n) is 11.5. The predicted molar refractivity (Wildman–Crippen MR) is 79.8 cm³/mol. The standard InChI is InChI=1S/C14H17N5O2/c15-11-4-3-9(14-10(11)2-1-5-18-14)6-19(7-12(16)20)8-13(17)21/h1-5H,6-8,15H2,(H2,16,20)(H2,17,21). The highest BCUT2D eigenvalue weighted by atomic mass is 16.2. The first-order valence-corrected chi connectivity index (χ1v) is 6.38. The molecule has 0 atom stereocenters. The van der Waals surface area contributed by atoms with Gasteiger partial charge in [0.15, 0.2) is 0 Å². The summed E-state index contributed by atoms with van der Waals surface area (Å²) in [5.74, 6) is -1.05. The van der Waals surface area contributed by atoms with Crippen LogP contribution in [0, 0.1) is 0 Å². The number of carbonyl (C=O) groups excluding carboxylic acids is 2. The molecule has 0 unspecified atom stereocenters. The van der Waals surface area contributed by atoms with Gasteiger partial charge in [0.25, 0.3) is 0 Å². The second kappa shape index (κ2) is 6.19. The number of benzene rings is 1. The van der Waals surface area contributed by atoms with Crippen molar-refractivity contribution >= 4 is 28.4 Å². The van der Waals surface area contributed by atoms with Crippen molar-refractivity contribution in [3.63, 3.8) is 0 Å². The SMILES string of the molecule is NC(=O)CN(CC(N)=O)Cc1ccc(N)c2cccnc12. The lowest BCUT2D eigenvalue weighted by Crippen LogP contribution is -2.39. The van der Waals surface area contributed by atoms with Gasteiger partial charge in [0.2, 0.25) is 11.8 Å². The lowest BCUT2D eigenvalue weighted by Gasteiger charge is -2.20. The normalized spacial score (nSPS) is 10.9. The first kappa shape index (κ1) is 14.7. The van der Waals surface area contributed by atoms with Gasteiger partial charge in [0.1, 0.15) is 0 Å². The molecule has 7 heteroatoms. The molecule has 0 aliphatic carbocycles. The molecule has 1 aromatic heterocycles. The largest absolute Gasteiger partial charge is 0.398 e. The number of pyridine rings is 1. The molecule has 0 aliphatic heterocycles. The summed E-state index contributed by atoms with van der Waals surface area (Å²) >= 11 is 0. The highest BCUT2D eigenvalue weighted by molar-refractivity contribution is 5.92. The van der Waals surface area contributed by atoms with Crippen LogP contribution in [0.2, 0.25) is 0 Å². The Morgan fingerprint density at radius 1 is 1.10 bits per heavy atom. The number of anilines is 1. The molecule has 0 fully saturated rings. The minimum absolute atomic E-state index is 0.0539. The summed E-state index contributed by atoms with van der Waals surface area (Å²) in [6.07, 6.45) is 1.66. The Balaban J connectivity index is 2.34. The molecule has 1 heterocycles. The molecular weight excluding hydrogens is 270 g/mol. The Labute approximate surface area is 121 Å². The molecule has 21 heavy (non-hydrogen) atoms. The fourth-order valence-electron chi connectivity index (χ4n) is 2.23. The van der Waals surface area contributed by atoms with Crippen LogP contribution in [0.1, 0.15) is 5.56 Å². The summed E-state index contributed by atoms with van der Waals surface area (Å²) in [5.41, 5.74) is 18.5. The van der Waals surface area contributed by atoms with Gasteiger partial charge in [-0.3, -0.25) is 19.5 Å². The minimum atomic E-state index is -0.524. The van der Waals surface area contributed by atoms with Crippen LogP contribution in [0.4, 0.5) is 5.69 Å². The van der Waals surface area contributed by atoms with E-state index in [9.17, 15) is 9.59 Å². The Hall–Kier alpha value is -2.67. The van der Waals surface area contributed by atoms with Gasteiger partial charge in [0, 0.05) is 23.8 Å². The number of carbonyl (C=O) groups is 2. The van der Waals surface area contributed by atoms with Crippen LogP contribution in [0.15, 0.2) is 30.5 Å². The van der Waals surface area contributed by atoms with Gasteiger partial charge in [-0.15, -0.1) is 0 Å². The molecule has 6 N–H and O–H groups in total. The fraction of sp³-hybridized carbons (Fsp3) is 0.214. The van der Waals surface area contributed by atoms with E-state index in [1.54, 1.807) is 23.2 Å². The summed E-state index contributed by atoms with van der Waals surface area (Å²) < 4.78 is 0. The highest BCUT2D eigenvalue weighted by Crippen LogP contribution is 2.23. The minimum Gasteiger partial charge on any atom is -0.398 e. The van der Waals surface area contributed by atoms with Gasteiger partial charge >= 0.3 is 0 Å². The van der Waals surface area contributed by atoms with Crippen LogP contribution in [-0.4, -0.2) is 34.8 Å². The first-order chi connectivity index (χ1) is 9.97. The van der Waals surface area contributed by atoms with Crippen molar-refractivity contribution in [2.24, 2.45) is 11.5 Å². The molecule has 2 rings (SSSR count). The van der Waals surface area contributed by atoms with Crippen LogP contribution >= 0.6 is 0 Å². The van der Waals surface area contributed by atoms with Gasteiger partial charge < -0.3 is 17.2 Å². The summed E-state index contributed by atoms with van der Waals surface area (Å²) in [4.78, 5) is 28.1. The van der Waals surface area contributed by atoms with Gasteiger partial charge in [-0.2, -0.15) is 0 Å². The average molecular weight is 287 g/mol. The Morgan fingerprint density at radius 3 is 2.38 bits per heavy atom. The van der Waals surface area contributed by atoms with Crippen molar-refractivity contribution in [3.8, 4) is 0 Å². The second-order valence-corrected chi connectivity index (χ2v) is 4.79. The number of nitrogens with two attached hydrogens (primary N) is 3.